The Morgan fingerprint density at radius 1 is 1.15 bits per heavy atom. The number of Topliss-reactive ketones (excluding diaryl/α,β-unsaturated/α-hetero) is 1. The zero-order valence-corrected chi connectivity index (χ0v) is 15.1. The van der Waals surface area contributed by atoms with Crippen LogP contribution in [-0.4, -0.2) is 29.9 Å². The molecule has 1 amide bonds. The van der Waals surface area contributed by atoms with Gasteiger partial charge in [0.2, 0.25) is 5.78 Å². The normalized spacial score (nSPS) is 14.1. The van der Waals surface area contributed by atoms with Gasteiger partial charge in [0.05, 0.1) is 5.56 Å². The summed E-state index contributed by atoms with van der Waals surface area (Å²) >= 11 is 0. The average Bonchev–Trinajstić information content (AvgIpc) is 2.91. The molecule has 1 aliphatic heterocycles. The Labute approximate surface area is 152 Å². The summed E-state index contributed by atoms with van der Waals surface area (Å²) in [7, 11) is 0. The molecule has 0 fully saturated rings. The van der Waals surface area contributed by atoms with Gasteiger partial charge >= 0.3 is 6.09 Å². The molecule has 26 heavy (non-hydrogen) atoms. The minimum Gasteiger partial charge on any atom is -0.452 e. The number of ether oxygens (including phenoxy) is 2. The fourth-order valence-electron chi connectivity index (χ4n) is 2.79. The zero-order chi connectivity index (χ0) is 18.7. The number of amides is 1. The summed E-state index contributed by atoms with van der Waals surface area (Å²) in [6.45, 7) is 6.90. The number of allylic oxidation sites excluding steroid dienone is 1. The van der Waals surface area contributed by atoms with Crippen LogP contribution in [0.15, 0.2) is 48.2 Å². The molecule has 0 aliphatic carbocycles. The lowest BCUT2D eigenvalue weighted by Gasteiger charge is -2.17. The lowest BCUT2D eigenvalue weighted by Crippen LogP contribution is -2.33. The van der Waals surface area contributed by atoms with Crippen molar-refractivity contribution < 1.29 is 19.1 Å². The molecule has 0 bridgehead atoms. The van der Waals surface area contributed by atoms with Crippen molar-refractivity contribution in [3.8, 4) is 11.5 Å². The van der Waals surface area contributed by atoms with E-state index in [9.17, 15) is 9.59 Å². The molecule has 0 radical (unpaired) electrons. The predicted molar refractivity (Wildman–Crippen MR) is 99.5 cm³/mol. The van der Waals surface area contributed by atoms with Crippen molar-refractivity contribution in [1.82, 2.24) is 4.90 Å². The first-order chi connectivity index (χ1) is 12.5. The third-order valence-electron chi connectivity index (χ3n) is 4.21. The number of ketones is 1. The van der Waals surface area contributed by atoms with Crippen molar-refractivity contribution in [1.29, 1.82) is 0 Å². The molecule has 5 nitrogen and oxygen atoms in total. The average molecular weight is 351 g/mol. The van der Waals surface area contributed by atoms with Gasteiger partial charge in [-0.2, -0.15) is 0 Å². The van der Waals surface area contributed by atoms with E-state index in [0.717, 1.165) is 11.1 Å². The molecule has 5 heteroatoms. The summed E-state index contributed by atoms with van der Waals surface area (Å²) in [5.74, 6) is 0.838. The van der Waals surface area contributed by atoms with Gasteiger partial charge in [-0.3, -0.25) is 4.79 Å². The van der Waals surface area contributed by atoms with Crippen LogP contribution in [0.25, 0.3) is 6.08 Å². The Hall–Kier alpha value is -3.08. The molecule has 0 saturated heterocycles. The number of carbonyl (C=O) groups excluding carboxylic acids is 2. The van der Waals surface area contributed by atoms with Crippen LogP contribution in [0, 0.1) is 6.92 Å². The highest BCUT2D eigenvalue weighted by molar-refractivity contribution is 6.14. The van der Waals surface area contributed by atoms with E-state index in [2.05, 4.69) is 0 Å². The van der Waals surface area contributed by atoms with E-state index in [4.69, 9.17) is 9.47 Å². The standard InChI is InChI=1S/C21H21NO4/c1-4-22(5-2)21(24)25-16-9-10-17-18(13-16)26-19(20(17)23)12-15-8-6-7-14(3)11-15/h6-13H,4-5H2,1-3H3. The molecule has 0 unspecified atom stereocenters. The summed E-state index contributed by atoms with van der Waals surface area (Å²) < 4.78 is 11.1. The molecule has 0 saturated carbocycles. The van der Waals surface area contributed by atoms with Gasteiger partial charge in [0, 0.05) is 19.2 Å². The van der Waals surface area contributed by atoms with Gasteiger partial charge in [0.25, 0.3) is 0 Å². The number of aryl methyl sites for hydroxylation is 1. The Kier molecular flexibility index (Phi) is 5.07. The maximum atomic E-state index is 12.5. The van der Waals surface area contributed by atoms with Crippen molar-refractivity contribution in [2.24, 2.45) is 0 Å². The highest BCUT2D eigenvalue weighted by Crippen LogP contribution is 2.35. The van der Waals surface area contributed by atoms with E-state index >= 15 is 0 Å². The molecular formula is C21H21NO4. The first-order valence-electron chi connectivity index (χ1n) is 8.63. The number of carbonyl (C=O) groups is 2. The maximum absolute atomic E-state index is 12.5. The predicted octanol–water partition coefficient (Wildman–Crippen LogP) is 4.45. The Morgan fingerprint density at radius 2 is 1.92 bits per heavy atom. The van der Waals surface area contributed by atoms with Gasteiger partial charge in [0.15, 0.2) is 5.76 Å². The van der Waals surface area contributed by atoms with Crippen molar-refractivity contribution in [2.45, 2.75) is 20.8 Å². The molecule has 0 atom stereocenters. The summed E-state index contributed by atoms with van der Waals surface area (Å²) in [6, 6.07) is 12.6. The van der Waals surface area contributed by atoms with Crippen LogP contribution in [0.2, 0.25) is 0 Å². The largest absolute Gasteiger partial charge is 0.452 e. The van der Waals surface area contributed by atoms with Crippen molar-refractivity contribution in [2.75, 3.05) is 13.1 Å². The van der Waals surface area contributed by atoms with Crippen LogP contribution in [0.4, 0.5) is 4.79 Å². The van der Waals surface area contributed by atoms with Gasteiger partial charge < -0.3 is 14.4 Å². The van der Waals surface area contributed by atoms with E-state index in [1.807, 2.05) is 45.0 Å². The molecule has 1 heterocycles. The summed E-state index contributed by atoms with van der Waals surface area (Å²) in [4.78, 5) is 26.1. The van der Waals surface area contributed by atoms with E-state index in [1.165, 1.54) is 0 Å². The SMILES string of the molecule is CCN(CC)C(=O)Oc1ccc2c(c1)OC(=Cc1cccc(C)c1)C2=O. The minimum atomic E-state index is -0.421. The number of rotatable bonds is 4. The van der Waals surface area contributed by atoms with Crippen molar-refractivity contribution in [3.05, 3.63) is 64.9 Å². The summed E-state index contributed by atoms with van der Waals surface area (Å²) in [5.41, 5.74) is 2.47. The fourth-order valence-corrected chi connectivity index (χ4v) is 2.79. The number of hydrogen-bond donors (Lipinski definition) is 0. The van der Waals surface area contributed by atoms with Gasteiger partial charge in [-0.25, -0.2) is 4.79 Å². The summed E-state index contributed by atoms with van der Waals surface area (Å²) in [5, 5.41) is 0. The van der Waals surface area contributed by atoms with E-state index in [-0.39, 0.29) is 11.5 Å². The van der Waals surface area contributed by atoms with E-state index in [1.54, 1.807) is 29.2 Å². The fraction of sp³-hybridized carbons (Fsp3) is 0.238. The highest BCUT2D eigenvalue weighted by Gasteiger charge is 2.28. The molecule has 134 valence electrons. The van der Waals surface area contributed by atoms with Gasteiger partial charge in [0.1, 0.15) is 11.5 Å². The second-order valence-electron chi connectivity index (χ2n) is 6.05. The van der Waals surface area contributed by atoms with E-state index < -0.39 is 6.09 Å². The monoisotopic (exact) mass is 351 g/mol. The molecule has 0 spiro atoms. The molecular weight excluding hydrogens is 330 g/mol. The number of benzene rings is 2. The lowest BCUT2D eigenvalue weighted by atomic mass is 10.1. The van der Waals surface area contributed by atoms with Crippen LogP contribution in [0.3, 0.4) is 0 Å². The second kappa shape index (κ2) is 7.44. The third kappa shape index (κ3) is 3.61. The molecule has 1 aliphatic rings. The number of hydrogen-bond acceptors (Lipinski definition) is 4. The second-order valence-corrected chi connectivity index (χ2v) is 6.05. The van der Waals surface area contributed by atoms with Crippen LogP contribution < -0.4 is 9.47 Å². The Balaban J connectivity index is 1.81. The van der Waals surface area contributed by atoms with Crippen LogP contribution in [0.5, 0.6) is 11.5 Å². The van der Waals surface area contributed by atoms with Crippen LogP contribution in [0.1, 0.15) is 35.3 Å². The summed E-state index contributed by atoms with van der Waals surface area (Å²) in [6.07, 6.45) is 1.30. The molecule has 3 rings (SSSR count). The quantitative estimate of drug-likeness (QED) is 0.764. The number of nitrogens with zero attached hydrogens (tertiary/aromatic N) is 1. The topological polar surface area (TPSA) is 55.8 Å². The van der Waals surface area contributed by atoms with Crippen molar-refractivity contribution >= 4 is 18.0 Å². The van der Waals surface area contributed by atoms with Crippen LogP contribution in [-0.2, 0) is 0 Å². The molecule has 0 aromatic heterocycles. The van der Waals surface area contributed by atoms with Gasteiger partial charge in [-0.15, -0.1) is 0 Å². The van der Waals surface area contributed by atoms with Crippen molar-refractivity contribution in [3.63, 3.8) is 0 Å². The zero-order valence-electron chi connectivity index (χ0n) is 15.1. The third-order valence-corrected chi connectivity index (χ3v) is 4.21. The molecule has 0 N–H and O–H groups in total. The highest BCUT2D eigenvalue weighted by atomic mass is 16.6. The number of fused-ring (bicyclic) bond motifs is 1. The first kappa shape index (κ1) is 17.7. The lowest BCUT2D eigenvalue weighted by molar-refractivity contribution is 0.101. The smallest absolute Gasteiger partial charge is 0.415 e. The Bertz CT molecular complexity index is 881. The maximum Gasteiger partial charge on any atom is 0.415 e. The van der Waals surface area contributed by atoms with Crippen LogP contribution >= 0.6 is 0 Å². The first-order valence-corrected chi connectivity index (χ1v) is 8.63. The van der Waals surface area contributed by atoms with Gasteiger partial charge in [-0.1, -0.05) is 29.8 Å². The molecule has 2 aromatic rings. The minimum absolute atomic E-state index is 0.178. The molecule has 2 aromatic carbocycles. The van der Waals surface area contributed by atoms with Gasteiger partial charge in [-0.05, 0) is 44.5 Å². The Morgan fingerprint density at radius 3 is 2.62 bits per heavy atom. The van der Waals surface area contributed by atoms with E-state index in [0.29, 0.717) is 30.2 Å².